The Balaban J connectivity index is 1.01. The van der Waals surface area contributed by atoms with Crippen LogP contribution in [0.3, 0.4) is 0 Å². The molecule has 1 atom stereocenters. The Bertz CT molecular complexity index is 1660. The number of rotatable bonds is 9. The van der Waals surface area contributed by atoms with Crippen LogP contribution in [0.25, 0.3) is 11.1 Å². The van der Waals surface area contributed by atoms with Gasteiger partial charge in [-0.05, 0) is 49.9 Å². The Morgan fingerprint density at radius 1 is 0.800 bits per heavy atom. The van der Waals surface area contributed by atoms with Gasteiger partial charge in [-0.2, -0.15) is 0 Å². The number of piperidine rings is 1. The average molecular weight is 602 g/mol. The van der Waals surface area contributed by atoms with Crippen molar-refractivity contribution in [2.24, 2.45) is 0 Å². The molecule has 7 rings (SSSR count). The number of fused-ring (bicyclic) bond motifs is 1. The Kier molecular flexibility index (Phi) is 8.76. The molecule has 3 aromatic carbocycles. The molecule has 0 saturated carbocycles. The lowest BCUT2D eigenvalue weighted by molar-refractivity contribution is 0.159. The first-order valence-corrected chi connectivity index (χ1v) is 16.3. The summed E-state index contributed by atoms with van der Waals surface area (Å²) in [7, 11) is 0. The molecular weight excluding hydrogens is 558 g/mol. The number of benzene rings is 3. The van der Waals surface area contributed by atoms with Crippen LogP contribution >= 0.6 is 0 Å². The third-order valence-corrected chi connectivity index (χ3v) is 9.49. The normalized spacial score (nSPS) is 17.8. The Morgan fingerprint density at radius 3 is 2.22 bits per heavy atom. The van der Waals surface area contributed by atoms with Crippen molar-refractivity contribution in [2.45, 2.75) is 52.4 Å². The number of hydrogen-bond acceptors (Lipinski definition) is 8. The molecule has 2 aliphatic rings. The molecule has 4 heterocycles. The van der Waals surface area contributed by atoms with Crippen LogP contribution in [0, 0.1) is 13.8 Å². The van der Waals surface area contributed by atoms with Crippen molar-refractivity contribution in [3.05, 3.63) is 113 Å². The third-order valence-electron chi connectivity index (χ3n) is 9.49. The van der Waals surface area contributed by atoms with Crippen molar-refractivity contribution in [3.8, 4) is 0 Å². The molecule has 0 N–H and O–H groups in total. The number of aromatic nitrogens is 3. The highest BCUT2D eigenvalue weighted by molar-refractivity contribution is 5.77. The molecule has 2 aromatic heterocycles. The van der Waals surface area contributed by atoms with Crippen LogP contribution in [0.4, 0.5) is 11.5 Å². The van der Waals surface area contributed by atoms with E-state index < -0.39 is 0 Å². The molecule has 232 valence electrons. The van der Waals surface area contributed by atoms with Gasteiger partial charge in [0.05, 0.1) is 6.54 Å². The summed E-state index contributed by atoms with van der Waals surface area (Å²) in [4.78, 5) is 23.7. The summed E-state index contributed by atoms with van der Waals surface area (Å²) >= 11 is 0. The third kappa shape index (κ3) is 6.87. The summed E-state index contributed by atoms with van der Waals surface area (Å²) in [6.45, 7) is 12.6. The number of nitrogens with zero attached hydrogens (tertiary/aromatic N) is 7. The number of oxazole rings is 1. The molecule has 2 saturated heterocycles. The summed E-state index contributed by atoms with van der Waals surface area (Å²) in [5.74, 6) is 1.85. The minimum atomic E-state index is 0.467. The highest BCUT2D eigenvalue weighted by atomic mass is 16.3. The zero-order valence-corrected chi connectivity index (χ0v) is 26.5. The minimum Gasteiger partial charge on any atom is -0.439 e. The summed E-state index contributed by atoms with van der Waals surface area (Å²) in [6, 6.07) is 28.8. The molecule has 8 nitrogen and oxygen atoms in total. The highest BCUT2D eigenvalue weighted by Crippen LogP contribution is 2.29. The summed E-state index contributed by atoms with van der Waals surface area (Å²) in [5.41, 5.74) is 7.97. The van der Waals surface area contributed by atoms with Crippen molar-refractivity contribution in [2.75, 3.05) is 49.1 Å². The van der Waals surface area contributed by atoms with Crippen molar-refractivity contribution in [1.29, 1.82) is 0 Å². The quantitative estimate of drug-likeness (QED) is 0.197. The van der Waals surface area contributed by atoms with Crippen molar-refractivity contribution in [1.82, 2.24) is 24.8 Å². The van der Waals surface area contributed by atoms with Gasteiger partial charge in [-0.25, -0.2) is 15.0 Å². The second-order valence-corrected chi connectivity index (χ2v) is 12.5. The first-order chi connectivity index (χ1) is 22.1. The second-order valence-electron chi connectivity index (χ2n) is 12.5. The zero-order valence-electron chi connectivity index (χ0n) is 26.5. The Hall–Kier alpha value is -4.27. The fraction of sp³-hybridized carbons (Fsp3) is 0.378. The monoisotopic (exact) mass is 601 g/mol. The standard InChI is InChI=1S/C37H43N7O/c1-28-29(2)38-27-39-37(28)42-20-18-41(19-21-42)26-36-40-34-16-15-32(22-35(34)45-36)43-17-9-14-33(25-43)44(23-30-10-5-3-6-11-30)24-31-12-7-4-8-13-31/h3-8,10-13,15-16,22,27,33H,9,14,17-21,23-26H2,1-2H3/t33-/m1/s1. The van der Waals surface area contributed by atoms with E-state index in [1.54, 1.807) is 6.33 Å². The number of hydrogen-bond donors (Lipinski definition) is 0. The van der Waals surface area contributed by atoms with Crippen molar-refractivity contribution in [3.63, 3.8) is 0 Å². The number of aryl methyl sites for hydroxylation is 1. The van der Waals surface area contributed by atoms with Crippen LogP contribution in [-0.2, 0) is 19.6 Å². The molecular formula is C37H43N7O. The molecule has 5 aromatic rings. The second kappa shape index (κ2) is 13.4. The molecule has 45 heavy (non-hydrogen) atoms. The predicted molar refractivity (Wildman–Crippen MR) is 180 cm³/mol. The van der Waals surface area contributed by atoms with Gasteiger partial charge in [0, 0.05) is 81.4 Å². The van der Waals surface area contributed by atoms with Gasteiger partial charge in [-0.1, -0.05) is 60.7 Å². The summed E-state index contributed by atoms with van der Waals surface area (Å²) in [6.07, 6.45) is 4.05. The largest absolute Gasteiger partial charge is 0.439 e. The molecule has 0 amide bonds. The smallest absolute Gasteiger partial charge is 0.209 e. The first kappa shape index (κ1) is 29.4. The van der Waals surface area contributed by atoms with E-state index in [4.69, 9.17) is 9.40 Å². The summed E-state index contributed by atoms with van der Waals surface area (Å²) < 4.78 is 6.36. The SMILES string of the molecule is Cc1ncnc(N2CCN(Cc3nc4ccc(N5CCC[C@@H](N(Cc6ccccc6)Cc6ccccc6)C5)cc4o3)CC2)c1C. The molecule has 0 spiro atoms. The zero-order chi connectivity index (χ0) is 30.6. The van der Waals surface area contributed by atoms with Gasteiger partial charge in [-0.15, -0.1) is 0 Å². The lowest BCUT2D eigenvalue weighted by atomic mass is 10.0. The van der Waals surface area contributed by atoms with E-state index in [9.17, 15) is 0 Å². The van der Waals surface area contributed by atoms with Gasteiger partial charge in [0.15, 0.2) is 5.58 Å². The lowest BCUT2D eigenvalue weighted by Gasteiger charge is -2.40. The van der Waals surface area contributed by atoms with Crippen molar-refractivity contribution >= 4 is 22.6 Å². The maximum Gasteiger partial charge on any atom is 0.209 e. The molecule has 0 bridgehead atoms. The van der Waals surface area contributed by atoms with E-state index in [-0.39, 0.29) is 0 Å². The molecule has 0 radical (unpaired) electrons. The molecule has 0 unspecified atom stereocenters. The maximum atomic E-state index is 6.36. The van der Waals surface area contributed by atoms with Gasteiger partial charge in [0.25, 0.3) is 0 Å². The van der Waals surface area contributed by atoms with Crippen molar-refractivity contribution < 1.29 is 4.42 Å². The van der Waals surface area contributed by atoms with Crippen LogP contribution in [0.15, 0.2) is 89.6 Å². The Morgan fingerprint density at radius 2 is 1.51 bits per heavy atom. The molecule has 0 aliphatic carbocycles. The minimum absolute atomic E-state index is 0.467. The molecule has 2 aliphatic heterocycles. The Labute approximate surface area is 266 Å². The van der Waals surface area contributed by atoms with Gasteiger partial charge in [0.1, 0.15) is 17.7 Å². The van der Waals surface area contributed by atoms with E-state index >= 15 is 0 Å². The van der Waals surface area contributed by atoms with Crippen LogP contribution in [0.1, 0.15) is 41.1 Å². The lowest BCUT2D eigenvalue weighted by Crippen LogP contribution is -2.47. The van der Waals surface area contributed by atoms with E-state index in [1.165, 1.54) is 35.2 Å². The van der Waals surface area contributed by atoms with E-state index in [0.717, 1.165) is 87.4 Å². The van der Waals surface area contributed by atoms with E-state index in [2.05, 4.69) is 115 Å². The summed E-state index contributed by atoms with van der Waals surface area (Å²) in [5, 5.41) is 0. The molecule has 8 heteroatoms. The van der Waals surface area contributed by atoms with Crippen LogP contribution in [0.2, 0.25) is 0 Å². The van der Waals surface area contributed by atoms with Crippen LogP contribution < -0.4 is 9.80 Å². The predicted octanol–water partition coefficient (Wildman–Crippen LogP) is 6.23. The number of anilines is 2. The number of piperazine rings is 1. The fourth-order valence-electron chi connectivity index (χ4n) is 6.82. The van der Waals surface area contributed by atoms with Gasteiger partial charge in [-0.3, -0.25) is 9.80 Å². The maximum absolute atomic E-state index is 6.36. The van der Waals surface area contributed by atoms with Crippen LogP contribution in [-0.4, -0.2) is 70.1 Å². The van der Waals surface area contributed by atoms with Gasteiger partial charge >= 0.3 is 0 Å². The van der Waals surface area contributed by atoms with Gasteiger partial charge in [0.2, 0.25) is 5.89 Å². The van der Waals surface area contributed by atoms with E-state index in [0.29, 0.717) is 6.04 Å². The van der Waals surface area contributed by atoms with Gasteiger partial charge < -0.3 is 14.2 Å². The fourth-order valence-corrected chi connectivity index (χ4v) is 6.82. The van der Waals surface area contributed by atoms with Crippen LogP contribution in [0.5, 0.6) is 0 Å². The molecule has 2 fully saturated rings. The average Bonchev–Trinajstić information content (AvgIpc) is 3.49. The first-order valence-electron chi connectivity index (χ1n) is 16.3. The highest BCUT2D eigenvalue weighted by Gasteiger charge is 2.27. The topological polar surface area (TPSA) is 64.8 Å². The van der Waals surface area contributed by atoms with E-state index in [1.807, 2.05) is 6.92 Å².